The van der Waals surface area contributed by atoms with Gasteiger partial charge in [0.15, 0.2) is 0 Å². The SMILES string of the molecule is CCCCCCC(O)C/C=C/CCCCCCCC(=O)[O-].[Li+]. The number of rotatable bonds is 15. The average Bonchev–Trinajstić information content (AvgIpc) is 2.45. The zero-order valence-corrected chi connectivity index (χ0v) is 14.7. The molecule has 0 heterocycles. The van der Waals surface area contributed by atoms with Crippen LogP contribution in [-0.2, 0) is 4.79 Å². The average molecular weight is 304 g/mol. The second-order valence-corrected chi connectivity index (χ2v) is 5.89. The van der Waals surface area contributed by atoms with Gasteiger partial charge >= 0.3 is 18.9 Å². The van der Waals surface area contributed by atoms with Crippen LogP contribution in [0.5, 0.6) is 0 Å². The van der Waals surface area contributed by atoms with Crippen LogP contribution in [0.15, 0.2) is 12.2 Å². The minimum atomic E-state index is -0.939. The minimum absolute atomic E-state index is 0. The van der Waals surface area contributed by atoms with Crippen LogP contribution < -0.4 is 24.0 Å². The van der Waals surface area contributed by atoms with Crippen LogP contribution in [0.4, 0.5) is 0 Å². The largest absolute Gasteiger partial charge is 1.00 e. The Labute approximate surface area is 148 Å². The number of carboxylic acid groups (broad SMARTS) is 1. The molecule has 0 aliphatic rings. The Morgan fingerprint density at radius 3 is 2.32 bits per heavy atom. The molecule has 1 unspecified atom stereocenters. The number of aliphatic carboxylic acids is 1. The Balaban J connectivity index is 0. The monoisotopic (exact) mass is 304 g/mol. The summed E-state index contributed by atoms with van der Waals surface area (Å²) in [5, 5.41) is 20.0. The molecule has 1 atom stereocenters. The predicted octanol–water partition coefficient (Wildman–Crippen LogP) is 0.749. The maximum atomic E-state index is 10.2. The van der Waals surface area contributed by atoms with Crippen molar-refractivity contribution in [2.24, 2.45) is 0 Å². The molecule has 124 valence electrons. The van der Waals surface area contributed by atoms with Gasteiger partial charge in [0.2, 0.25) is 0 Å². The van der Waals surface area contributed by atoms with Gasteiger partial charge < -0.3 is 15.0 Å². The number of hydrogen-bond acceptors (Lipinski definition) is 3. The van der Waals surface area contributed by atoms with Gasteiger partial charge in [-0.05, 0) is 38.5 Å². The van der Waals surface area contributed by atoms with E-state index in [0.29, 0.717) is 0 Å². The fraction of sp³-hybridized carbons (Fsp3) is 0.833. The van der Waals surface area contributed by atoms with Crippen molar-refractivity contribution >= 4 is 5.97 Å². The van der Waals surface area contributed by atoms with Crippen LogP contribution in [0.3, 0.4) is 0 Å². The third kappa shape index (κ3) is 19.8. The molecule has 0 aliphatic carbocycles. The number of unbranched alkanes of at least 4 members (excludes halogenated alkanes) is 8. The third-order valence-corrected chi connectivity index (χ3v) is 3.72. The first-order valence-electron chi connectivity index (χ1n) is 8.69. The van der Waals surface area contributed by atoms with Crippen molar-refractivity contribution in [3.05, 3.63) is 12.2 Å². The van der Waals surface area contributed by atoms with Gasteiger partial charge in [0.25, 0.3) is 0 Å². The van der Waals surface area contributed by atoms with E-state index in [2.05, 4.69) is 19.1 Å². The van der Waals surface area contributed by atoms with Gasteiger partial charge in [0.05, 0.1) is 6.10 Å². The van der Waals surface area contributed by atoms with Crippen molar-refractivity contribution in [2.75, 3.05) is 0 Å². The summed E-state index contributed by atoms with van der Waals surface area (Å²) in [5.41, 5.74) is 0. The summed E-state index contributed by atoms with van der Waals surface area (Å²) in [6, 6.07) is 0. The Bertz CT molecular complexity index is 267. The fourth-order valence-electron chi connectivity index (χ4n) is 2.36. The Morgan fingerprint density at radius 1 is 1.00 bits per heavy atom. The van der Waals surface area contributed by atoms with Gasteiger partial charge in [0.1, 0.15) is 0 Å². The van der Waals surface area contributed by atoms with Crippen molar-refractivity contribution in [3.8, 4) is 0 Å². The first kappa shape index (κ1) is 24.0. The summed E-state index contributed by atoms with van der Waals surface area (Å²) in [5.74, 6) is -0.939. The summed E-state index contributed by atoms with van der Waals surface area (Å²) >= 11 is 0. The van der Waals surface area contributed by atoms with Gasteiger partial charge in [-0.3, -0.25) is 0 Å². The molecular weight excluding hydrogens is 271 g/mol. The molecular formula is C18H33LiO3. The molecule has 4 heteroatoms. The quantitative estimate of drug-likeness (QED) is 0.276. The number of aliphatic hydroxyl groups excluding tert-OH is 1. The molecule has 0 rings (SSSR count). The molecule has 0 bridgehead atoms. The van der Waals surface area contributed by atoms with Gasteiger partial charge in [-0.15, -0.1) is 0 Å². The van der Waals surface area contributed by atoms with Crippen molar-refractivity contribution in [1.29, 1.82) is 0 Å². The van der Waals surface area contributed by atoms with Crippen LogP contribution in [0, 0.1) is 0 Å². The van der Waals surface area contributed by atoms with E-state index in [1.165, 1.54) is 19.3 Å². The molecule has 3 nitrogen and oxygen atoms in total. The summed E-state index contributed by atoms with van der Waals surface area (Å²) in [6.07, 6.45) is 17.0. The van der Waals surface area contributed by atoms with E-state index in [1.54, 1.807) is 0 Å². The Morgan fingerprint density at radius 2 is 1.64 bits per heavy atom. The zero-order valence-electron chi connectivity index (χ0n) is 14.7. The van der Waals surface area contributed by atoms with E-state index in [1.807, 2.05) is 0 Å². The topological polar surface area (TPSA) is 60.4 Å². The molecule has 0 radical (unpaired) electrons. The normalized spacial score (nSPS) is 12.3. The molecule has 0 aliphatic heterocycles. The minimum Gasteiger partial charge on any atom is -0.550 e. The van der Waals surface area contributed by atoms with E-state index >= 15 is 0 Å². The number of carbonyl (C=O) groups is 1. The number of hydrogen-bond donors (Lipinski definition) is 1. The van der Waals surface area contributed by atoms with E-state index in [9.17, 15) is 15.0 Å². The molecule has 1 N–H and O–H groups in total. The number of allylic oxidation sites excluding steroid dienone is 1. The van der Waals surface area contributed by atoms with Crippen molar-refractivity contribution in [3.63, 3.8) is 0 Å². The summed E-state index contributed by atoms with van der Waals surface area (Å²) in [7, 11) is 0. The Kier molecular flexibility index (Phi) is 20.5. The van der Waals surface area contributed by atoms with E-state index in [-0.39, 0.29) is 31.4 Å². The molecule has 0 aromatic carbocycles. The third-order valence-electron chi connectivity index (χ3n) is 3.72. The number of carboxylic acids is 1. The maximum Gasteiger partial charge on any atom is 1.00 e. The maximum absolute atomic E-state index is 10.2. The summed E-state index contributed by atoms with van der Waals surface area (Å²) in [4.78, 5) is 10.2. The van der Waals surface area contributed by atoms with Crippen molar-refractivity contribution < 1.29 is 33.9 Å². The van der Waals surface area contributed by atoms with Crippen LogP contribution in [-0.4, -0.2) is 17.2 Å². The van der Waals surface area contributed by atoms with E-state index < -0.39 is 5.97 Å². The first-order valence-corrected chi connectivity index (χ1v) is 8.69. The van der Waals surface area contributed by atoms with E-state index in [0.717, 1.165) is 57.8 Å². The standard InChI is InChI=1S/C18H34O3.Li/c1-2-3-4-11-14-17(19)15-12-9-7-5-6-8-10-13-16-18(20)21;/h9,12,17,19H,2-8,10-11,13-16H2,1H3,(H,20,21);/q;+1/p-1/b12-9+;. The Hall–Kier alpha value is -0.233. The number of carbonyl (C=O) groups excluding carboxylic acids is 1. The molecule has 0 aromatic heterocycles. The molecule has 0 aromatic rings. The molecule has 0 saturated heterocycles. The molecule has 0 spiro atoms. The smallest absolute Gasteiger partial charge is 0.550 e. The van der Waals surface area contributed by atoms with Crippen LogP contribution in [0.25, 0.3) is 0 Å². The van der Waals surface area contributed by atoms with Crippen LogP contribution in [0.1, 0.15) is 90.4 Å². The molecule has 0 amide bonds. The molecule has 0 saturated carbocycles. The van der Waals surface area contributed by atoms with Crippen molar-refractivity contribution in [2.45, 2.75) is 96.5 Å². The van der Waals surface area contributed by atoms with Gasteiger partial charge in [0, 0.05) is 5.97 Å². The van der Waals surface area contributed by atoms with Crippen LogP contribution >= 0.6 is 0 Å². The fourth-order valence-corrected chi connectivity index (χ4v) is 2.36. The molecule has 0 fully saturated rings. The predicted molar refractivity (Wildman–Crippen MR) is 85.8 cm³/mol. The number of aliphatic hydroxyl groups is 1. The second-order valence-electron chi connectivity index (χ2n) is 5.89. The second kappa shape index (κ2) is 18.8. The zero-order chi connectivity index (χ0) is 15.8. The van der Waals surface area contributed by atoms with Crippen molar-refractivity contribution in [1.82, 2.24) is 0 Å². The molecule has 22 heavy (non-hydrogen) atoms. The van der Waals surface area contributed by atoms with Gasteiger partial charge in [-0.1, -0.05) is 64.0 Å². The summed E-state index contributed by atoms with van der Waals surface area (Å²) < 4.78 is 0. The first-order chi connectivity index (χ1) is 10.2. The van der Waals surface area contributed by atoms with E-state index in [4.69, 9.17) is 0 Å². The van der Waals surface area contributed by atoms with Crippen LogP contribution in [0.2, 0.25) is 0 Å². The van der Waals surface area contributed by atoms with Gasteiger partial charge in [-0.25, -0.2) is 0 Å². The van der Waals surface area contributed by atoms with Gasteiger partial charge in [-0.2, -0.15) is 0 Å². The summed E-state index contributed by atoms with van der Waals surface area (Å²) in [6.45, 7) is 2.20.